The van der Waals surface area contributed by atoms with Gasteiger partial charge in [-0.15, -0.1) is 10.2 Å². The van der Waals surface area contributed by atoms with Crippen LogP contribution in [0, 0.1) is 0 Å². The summed E-state index contributed by atoms with van der Waals surface area (Å²) in [6.45, 7) is 0.135. The average molecular weight is 427 g/mol. The van der Waals surface area contributed by atoms with E-state index in [4.69, 9.17) is 39.2 Å². The van der Waals surface area contributed by atoms with Crippen LogP contribution in [0.1, 0.15) is 23.6 Å². The molecule has 0 unspecified atom stereocenters. The van der Waals surface area contributed by atoms with Crippen molar-refractivity contribution in [2.75, 3.05) is 0 Å². The van der Waals surface area contributed by atoms with Crippen molar-refractivity contribution in [2.24, 2.45) is 11.6 Å². The zero-order chi connectivity index (χ0) is 20.3. The molecular weight excluding hydrogens is 413 g/mol. The first-order chi connectivity index (χ1) is 13.4. The van der Waals surface area contributed by atoms with Gasteiger partial charge in [0.15, 0.2) is 0 Å². The first-order valence-electron chi connectivity index (χ1n) is 7.86. The van der Waals surface area contributed by atoms with E-state index in [1.807, 2.05) is 0 Å². The lowest BCUT2D eigenvalue weighted by Crippen LogP contribution is -2.29. The van der Waals surface area contributed by atoms with Gasteiger partial charge in [0.1, 0.15) is 5.16 Å². The molecule has 0 aliphatic heterocycles. The summed E-state index contributed by atoms with van der Waals surface area (Å²) in [7, 11) is 0. The van der Waals surface area contributed by atoms with E-state index >= 15 is 0 Å². The number of hydrazine groups is 1. The number of hydrogen-bond acceptors (Lipinski definition) is 7. The highest BCUT2D eigenvalue weighted by Crippen LogP contribution is 2.26. The number of aromatic nitrogens is 3. The van der Waals surface area contributed by atoms with Crippen LogP contribution in [0.25, 0.3) is 17.2 Å². The molecule has 0 bridgehead atoms. The molecule has 0 aliphatic carbocycles. The SMILES string of the molecule is N/C(=C(/Cl)N(N)Cc1ccc(-c2nnc(C(F)F)o2)cn1)c1ccccc1Cl. The van der Waals surface area contributed by atoms with Gasteiger partial charge in [0.2, 0.25) is 5.89 Å². The predicted molar refractivity (Wildman–Crippen MR) is 101 cm³/mol. The number of benzene rings is 1. The Balaban J connectivity index is 1.74. The Morgan fingerprint density at radius 3 is 2.54 bits per heavy atom. The van der Waals surface area contributed by atoms with Gasteiger partial charge in [-0.3, -0.25) is 9.99 Å². The van der Waals surface area contributed by atoms with E-state index in [-0.39, 0.29) is 23.3 Å². The van der Waals surface area contributed by atoms with E-state index < -0.39 is 12.3 Å². The zero-order valence-electron chi connectivity index (χ0n) is 14.2. The summed E-state index contributed by atoms with van der Waals surface area (Å²) in [5.74, 6) is 5.17. The van der Waals surface area contributed by atoms with Gasteiger partial charge in [0.25, 0.3) is 5.89 Å². The quantitative estimate of drug-likeness (QED) is 0.349. The van der Waals surface area contributed by atoms with Crippen molar-refractivity contribution in [2.45, 2.75) is 13.0 Å². The van der Waals surface area contributed by atoms with Gasteiger partial charge in [-0.25, -0.2) is 5.84 Å². The van der Waals surface area contributed by atoms with Crippen LogP contribution in [0.5, 0.6) is 0 Å². The second-order valence-corrected chi connectivity index (χ2v) is 6.36. The molecule has 7 nitrogen and oxygen atoms in total. The van der Waals surface area contributed by atoms with E-state index in [1.165, 1.54) is 11.2 Å². The maximum atomic E-state index is 12.5. The van der Waals surface area contributed by atoms with Gasteiger partial charge in [-0.1, -0.05) is 41.4 Å². The second kappa shape index (κ2) is 8.51. The minimum absolute atomic E-state index is 0.0557. The van der Waals surface area contributed by atoms with Crippen molar-refractivity contribution in [3.63, 3.8) is 0 Å². The summed E-state index contributed by atoms with van der Waals surface area (Å²) in [4.78, 5) is 4.20. The largest absolute Gasteiger partial charge is 0.415 e. The maximum Gasteiger partial charge on any atom is 0.314 e. The third-order valence-electron chi connectivity index (χ3n) is 3.67. The Morgan fingerprint density at radius 2 is 1.93 bits per heavy atom. The summed E-state index contributed by atoms with van der Waals surface area (Å²) in [6.07, 6.45) is -1.43. The molecule has 3 rings (SSSR count). The molecule has 0 aliphatic rings. The molecule has 4 N–H and O–H groups in total. The van der Waals surface area contributed by atoms with Crippen molar-refractivity contribution in [3.8, 4) is 11.5 Å². The fraction of sp³-hybridized carbons (Fsp3) is 0.118. The van der Waals surface area contributed by atoms with Crippen LogP contribution in [0.15, 0.2) is 52.2 Å². The van der Waals surface area contributed by atoms with Crippen LogP contribution >= 0.6 is 23.2 Å². The Hall–Kier alpha value is -2.75. The van der Waals surface area contributed by atoms with E-state index in [1.54, 1.807) is 36.4 Å². The predicted octanol–water partition coefficient (Wildman–Crippen LogP) is 3.92. The topological polar surface area (TPSA) is 107 Å². The Kier molecular flexibility index (Phi) is 6.08. The fourth-order valence-electron chi connectivity index (χ4n) is 2.27. The minimum atomic E-state index is -2.84. The number of alkyl halides is 2. The van der Waals surface area contributed by atoms with Gasteiger partial charge in [-0.05, 0) is 18.2 Å². The van der Waals surface area contributed by atoms with E-state index in [0.29, 0.717) is 21.8 Å². The molecule has 2 heterocycles. The maximum absolute atomic E-state index is 12.5. The van der Waals surface area contributed by atoms with Crippen LogP contribution in [0.3, 0.4) is 0 Å². The molecule has 0 spiro atoms. The molecule has 0 radical (unpaired) electrons. The van der Waals surface area contributed by atoms with E-state index in [0.717, 1.165) is 0 Å². The van der Waals surface area contributed by atoms with Gasteiger partial charge >= 0.3 is 6.43 Å². The molecule has 0 fully saturated rings. The molecule has 0 atom stereocenters. The highest BCUT2D eigenvalue weighted by Gasteiger charge is 2.17. The van der Waals surface area contributed by atoms with Crippen LogP contribution in [0.4, 0.5) is 8.78 Å². The number of hydrogen-bond donors (Lipinski definition) is 2. The lowest BCUT2D eigenvalue weighted by atomic mass is 10.2. The summed E-state index contributed by atoms with van der Waals surface area (Å²) in [6, 6.07) is 10.2. The Labute approximate surface area is 168 Å². The number of nitrogens with two attached hydrogens (primary N) is 2. The lowest BCUT2D eigenvalue weighted by molar-refractivity contribution is 0.116. The molecule has 0 amide bonds. The van der Waals surface area contributed by atoms with Gasteiger partial charge in [0.05, 0.1) is 23.5 Å². The van der Waals surface area contributed by atoms with Crippen LogP contribution in [0.2, 0.25) is 5.02 Å². The minimum Gasteiger partial charge on any atom is -0.415 e. The second-order valence-electron chi connectivity index (χ2n) is 5.60. The normalized spacial score (nSPS) is 12.2. The number of halogens is 4. The summed E-state index contributed by atoms with van der Waals surface area (Å²) < 4.78 is 29.9. The number of pyridine rings is 1. The van der Waals surface area contributed by atoms with Crippen LogP contribution in [-0.4, -0.2) is 20.2 Å². The Morgan fingerprint density at radius 1 is 1.18 bits per heavy atom. The first kappa shape index (κ1) is 20.0. The molecule has 0 saturated carbocycles. The molecule has 146 valence electrons. The number of rotatable bonds is 6. The summed E-state index contributed by atoms with van der Waals surface area (Å²) in [5.41, 5.74) is 7.77. The van der Waals surface area contributed by atoms with Crippen molar-refractivity contribution in [1.82, 2.24) is 20.2 Å². The molecule has 2 aromatic heterocycles. The molecule has 1 aromatic carbocycles. The molecule has 0 saturated heterocycles. The van der Waals surface area contributed by atoms with Gasteiger partial charge in [0, 0.05) is 16.8 Å². The Bertz CT molecular complexity index is 993. The van der Waals surface area contributed by atoms with Crippen molar-refractivity contribution in [1.29, 1.82) is 0 Å². The highest BCUT2D eigenvalue weighted by atomic mass is 35.5. The van der Waals surface area contributed by atoms with Gasteiger partial charge in [-0.2, -0.15) is 8.78 Å². The fourth-order valence-corrected chi connectivity index (χ4v) is 2.67. The smallest absolute Gasteiger partial charge is 0.314 e. The molecule has 11 heteroatoms. The van der Waals surface area contributed by atoms with E-state index in [2.05, 4.69) is 15.2 Å². The first-order valence-corrected chi connectivity index (χ1v) is 8.61. The molecular formula is C17H14Cl2F2N6O. The monoisotopic (exact) mass is 426 g/mol. The highest BCUT2D eigenvalue weighted by molar-refractivity contribution is 6.35. The lowest BCUT2D eigenvalue weighted by Gasteiger charge is -2.19. The third-order valence-corrected chi connectivity index (χ3v) is 4.42. The summed E-state index contributed by atoms with van der Waals surface area (Å²) in [5, 5.41) is 8.58. The van der Waals surface area contributed by atoms with Crippen molar-refractivity contribution < 1.29 is 13.2 Å². The standard InChI is InChI=1S/C17H14Cl2F2N6O/c18-12-4-2-1-3-11(12)13(22)14(19)27(23)8-10-6-5-9(7-24-10)16-25-26-17(28-16)15(20)21/h1-7,15H,8,22-23H2/b14-13-. The summed E-state index contributed by atoms with van der Waals surface area (Å²) >= 11 is 12.4. The van der Waals surface area contributed by atoms with Crippen LogP contribution in [-0.2, 0) is 6.54 Å². The van der Waals surface area contributed by atoms with Crippen LogP contribution < -0.4 is 11.6 Å². The molecule has 28 heavy (non-hydrogen) atoms. The molecule has 3 aromatic rings. The van der Waals surface area contributed by atoms with Crippen molar-refractivity contribution in [3.05, 3.63) is 69.9 Å². The average Bonchev–Trinajstić information content (AvgIpc) is 3.18. The van der Waals surface area contributed by atoms with Crippen molar-refractivity contribution >= 4 is 28.9 Å². The van der Waals surface area contributed by atoms with E-state index in [9.17, 15) is 8.78 Å². The zero-order valence-corrected chi connectivity index (χ0v) is 15.7. The van der Waals surface area contributed by atoms with Gasteiger partial charge < -0.3 is 10.2 Å². The number of nitrogens with zero attached hydrogens (tertiary/aromatic N) is 4. The third kappa shape index (κ3) is 4.38.